The first kappa shape index (κ1) is 14.9. The minimum Gasteiger partial charge on any atom is -0.301 e. The lowest BCUT2D eigenvalue weighted by Gasteiger charge is -2.28. The molecule has 1 aliphatic heterocycles. The molecule has 1 saturated heterocycles. The van der Waals surface area contributed by atoms with Gasteiger partial charge in [0.1, 0.15) is 0 Å². The van der Waals surface area contributed by atoms with Crippen LogP contribution in [0.4, 0.5) is 0 Å². The van der Waals surface area contributed by atoms with Gasteiger partial charge < -0.3 is 4.90 Å². The predicted molar refractivity (Wildman–Crippen MR) is 92.6 cm³/mol. The van der Waals surface area contributed by atoms with E-state index in [1.165, 1.54) is 37.9 Å². The number of likely N-dealkylation sites (tertiary alicyclic amines) is 1. The first-order chi connectivity index (χ1) is 11.3. The van der Waals surface area contributed by atoms with Crippen LogP contribution in [0.5, 0.6) is 0 Å². The largest absolute Gasteiger partial charge is 0.301 e. The molecule has 0 amide bonds. The molecule has 2 aromatic rings. The molecular weight excluding hydrogens is 284 g/mol. The van der Waals surface area contributed by atoms with Crippen LogP contribution in [0.3, 0.4) is 0 Å². The highest BCUT2D eigenvalue weighted by molar-refractivity contribution is 5.33. The smallest absolute Gasteiger partial charge is 0.0645 e. The minimum atomic E-state index is 0.891. The van der Waals surface area contributed by atoms with E-state index in [9.17, 15) is 0 Å². The summed E-state index contributed by atoms with van der Waals surface area (Å²) in [5.74, 6) is 1.00. The van der Waals surface area contributed by atoms with Crippen molar-refractivity contribution in [2.75, 3.05) is 26.7 Å². The van der Waals surface area contributed by atoms with Crippen LogP contribution < -0.4 is 0 Å². The van der Waals surface area contributed by atoms with E-state index in [2.05, 4.69) is 46.2 Å². The molecule has 2 atom stereocenters. The van der Waals surface area contributed by atoms with Crippen LogP contribution in [0.15, 0.2) is 42.7 Å². The number of likely N-dealkylation sites (N-methyl/N-ethyl adjacent to an activating group) is 1. The molecular formula is C19H26N4. The fraction of sp³-hybridized carbons (Fsp3) is 0.526. The van der Waals surface area contributed by atoms with Crippen molar-refractivity contribution >= 4 is 0 Å². The molecule has 0 spiro atoms. The second-order valence-corrected chi connectivity index (χ2v) is 7.18. The molecule has 4 nitrogen and oxygen atoms in total. The average Bonchev–Trinajstić information content (AvgIpc) is 3.31. The highest BCUT2D eigenvalue weighted by Gasteiger charge is 2.37. The van der Waals surface area contributed by atoms with Gasteiger partial charge in [0.25, 0.3) is 0 Å². The molecule has 1 aliphatic carbocycles. The van der Waals surface area contributed by atoms with Gasteiger partial charge >= 0.3 is 0 Å². The lowest BCUT2D eigenvalue weighted by molar-refractivity contribution is 0.182. The van der Waals surface area contributed by atoms with Crippen molar-refractivity contribution in [3.63, 3.8) is 0 Å². The third kappa shape index (κ3) is 3.33. The molecule has 4 heteroatoms. The summed E-state index contributed by atoms with van der Waals surface area (Å²) in [4.78, 5) is 5.15. The molecule has 2 fully saturated rings. The Labute approximate surface area is 138 Å². The van der Waals surface area contributed by atoms with Crippen molar-refractivity contribution in [3.05, 3.63) is 48.3 Å². The van der Waals surface area contributed by atoms with Gasteiger partial charge in [-0.15, -0.1) is 0 Å². The van der Waals surface area contributed by atoms with E-state index in [-0.39, 0.29) is 0 Å². The summed E-state index contributed by atoms with van der Waals surface area (Å²) >= 11 is 0. The Balaban J connectivity index is 1.28. The molecule has 2 aliphatic rings. The zero-order chi connectivity index (χ0) is 15.6. The standard InChI is InChI=1S/C19H26N4/c1-21(11-12-22-15-17-5-8-19(22)13-17)14-16-3-6-18(7-4-16)23-10-2-9-20-23/h2-4,6-7,9-10,17,19H,5,8,11-15H2,1H3/t17-,19+/m0/s1. The van der Waals surface area contributed by atoms with Crippen molar-refractivity contribution in [2.45, 2.75) is 31.8 Å². The van der Waals surface area contributed by atoms with E-state index >= 15 is 0 Å². The van der Waals surface area contributed by atoms with E-state index in [1.807, 2.05) is 23.1 Å². The van der Waals surface area contributed by atoms with Crippen molar-refractivity contribution in [3.8, 4) is 5.69 Å². The van der Waals surface area contributed by atoms with E-state index in [0.717, 1.165) is 30.7 Å². The number of fused-ring (bicyclic) bond motifs is 2. The Morgan fingerprint density at radius 2 is 2.09 bits per heavy atom. The monoisotopic (exact) mass is 310 g/mol. The van der Waals surface area contributed by atoms with E-state index < -0.39 is 0 Å². The summed E-state index contributed by atoms with van der Waals surface area (Å²) in [6.45, 7) is 4.74. The fourth-order valence-corrected chi connectivity index (χ4v) is 4.17. The summed E-state index contributed by atoms with van der Waals surface area (Å²) < 4.78 is 1.90. The summed E-state index contributed by atoms with van der Waals surface area (Å²) in [6, 6.07) is 11.6. The zero-order valence-corrected chi connectivity index (χ0v) is 13.9. The number of nitrogens with zero attached hydrogens (tertiary/aromatic N) is 4. The molecule has 1 aromatic heterocycles. The van der Waals surface area contributed by atoms with E-state index in [1.54, 1.807) is 0 Å². The van der Waals surface area contributed by atoms with Crippen molar-refractivity contribution in [1.82, 2.24) is 19.6 Å². The van der Waals surface area contributed by atoms with Gasteiger partial charge in [-0.3, -0.25) is 4.90 Å². The van der Waals surface area contributed by atoms with E-state index in [4.69, 9.17) is 0 Å². The number of hydrogen-bond donors (Lipinski definition) is 0. The van der Waals surface area contributed by atoms with Crippen LogP contribution in [-0.2, 0) is 6.54 Å². The molecule has 23 heavy (non-hydrogen) atoms. The third-order valence-corrected chi connectivity index (χ3v) is 5.45. The Bertz CT molecular complexity index is 619. The first-order valence-electron chi connectivity index (χ1n) is 8.79. The van der Waals surface area contributed by atoms with Crippen LogP contribution in [-0.4, -0.2) is 52.3 Å². The molecule has 1 saturated carbocycles. The Morgan fingerprint density at radius 3 is 2.74 bits per heavy atom. The van der Waals surface area contributed by atoms with Crippen LogP contribution in [0, 0.1) is 5.92 Å². The SMILES string of the molecule is CN(CCN1C[C@H]2CC[C@@H]1C2)Cc1ccc(-n2cccn2)cc1. The lowest BCUT2D eigenvalue weighted by atomic mass is 10.1. The number of hydrogen-bond acceptors (Lipinski definition) is 3. The summed E-state index contributed by atoms with van der Waals surface area (Å²) in [5, 5.41) is 4.27. The predicted octanol–water partition coefficient (Wildman–Crippen LogP) is 2.79. The molecule has 4 rings (SSSR count). The molecule has 2 heterocycles. The highest BCUT2D eigenvalue weighted by Crippen LogP contribution is 2.36. The van der Waals surface area contributed by atoms with Crippen molar-refractivity contribution in [1.29, 1.82) is 0 Å². The average molecular weight is 310 g/mol. The van der Waals surface area contributed by atoms with Gasteiger partial charge in [0.15, 0.2) is 0 Å². The Morgan fingerprint density at radius 1 is 1.22 bits per heavy atom. The van der Waals surface area contributed by atoms with Crippen molar-refractivity contribution < 1.29 is 0 Å². The topological polar surface area (TPSA) is 24.3 Å². The zero-order valence-electron chi connectivity index (χ0n) is 13.9. The maximum Gasteiger partial charge on any atom is 0.0645 e. The fourth-order valence-electron chi connectivity index (χ4n) is 4.17. The van der Waals surface area contributed by atoms with E-state index in [0.29, 0.717) is 0 Å². The molecule has 2 bridgehead atoms. The Kier molecular flexibility index (Phi) is 4.19. The number of benzene rings is 1. The quantitative estimate of drug-likeness (QED) is 0.820. The number of piperidine rings is 1. The normalized spacial score (nSPS) is 23.9. The molecule has 0 N–H and O–H groups in total. The minimum absolute atomic E-state index is 0.891. The van der Waals surface area contributed by atoms with Gasteiger partial charge in [-0.2, -0.15) is 5.10 Å². The van der Waals surface area contributed by atoms with Crippen molar-refractivity contribution in [2.24, 2.45) is 5.92 Å². The van der Waals surface area contributed by atoms with Crippen LogP contribution >= 0.6 is 0 Å². The second kappa shape index (κ2) is 6.46. The molecule has 122 valence electrons. The van der Waals surface area contributed by atoms with Gasteiger partial charge in [-0.05, 0) is 56.0 Å². The van der Waals surface area contributed by atoms with Gasteiger partial charge in [-0.1, -0.05) is 12.1 Å². The maximum atomic E-state index is 4.27. The lowest BCUT2D eigenvalue weighted by Crippen LogP contribution is -2.38. The van der Waals surface area contributed by atoms with Gasteiger partial charge in [0, 0.05) is 44.6 Å². The van der Waals surface area contributed by atoms with Crippen LogP contribution in [0.25, 0.3) is 5.69 Å². The molecule has 0 radical (unpaired) electrons. The van der Waals surface area contributed by atoms with Crippen LogP contribution in [0.1, 0.15) is 24.8 Å². The second-order valence-electron chi connectivity index (χ2n) is 7.18. The molecule has 0 unspecified atom stereocenters. The van der Waals surface area contributed by atoms with Gasteiger partial charge in [0.05, 0.1) is 5.69 Å². The number of aromatic nitrogens is 2. The summed E-state index contributed by atoms with van der Waals surface area (Å²) in [7, 11) is 2.23. The first-order valence-corrected chi connectivity index (χ1v) is 8.79. The summed E-state index contributed by atoms with van der Waals surface area (Å²) in [5.41, 5.74) is 2.49. The van der Waals surface area contributed by atoms with Crippen LogP contribution in [0.2, 0.25) is 0 Å². The summed E-state index contributed by atoms with van der Waals surface area (Å²) in [6.07, 6.45) is 8.15. The highest BCUT2D eigenvalue weighted by atomic mass is 15.3. The van der Waals surface area contributed by atoms with Gasteiger partial charge in [-0.25, -0.2) is 4.68 Å². The third-order valence-electron chi connectivity index (χ3n) is 5.45. The van der Waals surface area contributed by atoms with Gasteiger partial charge in [0.2, 0.25) is 0 Å². The maximum absolute atomic E-state index is 4.27. The Hall–Kier alpha value is -1.65. The number of rotatable bonds is 6. The molecule has 1 aromatic carbocycles.